The third-order valence-electron chi connectivity index (χ3n) is 4.44. The van der Waals surface area contributed by atoms with Crippen LogP contribution in [0.1, 0.15) is 24.5 Å². The number of rotatable bonds is 6. The third kappa shape index (κ3) is 5.50. The number of aromatic carboxylic acids is 1. The maximum absolute atomic E-state index is 12.8. The van der Waals surface area contributed by atoms with Crippen LogP contribution in [0.5, 0.6) is 0 Å². The number of nitrogens with zero attached hydrogens (tertiary/aromatic N) is 4. The fourth-order valence-corrected chi connectivity index (χ4v) is 3.91. The van der Waals surface area contributed by atoms with Gasteiger partial charge in [0.2, 0.25) is 0 Å². The van der Waals surface area contributed by atoms with Crippen LogP contribution in [0.3, 0.4) is 0 Å². The van der Waals surface area contributed by atoms with Crippen LogP contribution >= 0.6 is 0 Å². The van der Waals surface area contributed by atoms with Gasteiger partial charge in [-0.1, -0.05) is 12.6 Å². The maximum atomic E-state index is 12.8. The number of hydrogen-bond acceptors (Lipinski definition) is 9. The number of benzene rings is 2. The van der Waals surface area contributed by atoms with Crippen molar-refractivity contribution in [2.45, 2.75) is 23.6 Å². The summed E-state index contributed by atoms with van der Waals surface area (Å²) in [6, 6.07) is 6.04. The van der Waals surface area contributed by atoms with Crippen LogP contribution in [0.15, 0.2) is 61.2 Å². The van der Waals surface area contributed by atoms with E-state index in [0.717, 1.165) is 35.0 Å². The molecule has 3 aromatic rings. The predicted molar refractivity (Wildman–Crippen MR) is 114 cm³/mol. The van der Waals surface area contributed by atoms with Crippen LogP contribution in [0, 0.1) is 13.8 Å². The molecule has 0 saturated carbocycles. The van der Waals surface area contributed by atoms with Gasteiger partial charge in [0.25, 0.3) is 20.2 Å². The Morgan fingerprint density at radius 3 is 2.12 bits per heavy atom. The fraction of sp³-hybridized carbons (Fsp3) is 0.111. The second-order valence-corrected chi connectivity index (χ2v) is 9.58. The number of carboxylic acid groups (broad SMARTS) is 1. The van der Waals surface area contributed by atoms with E-state index in [2.05, 4.69) is 15.3 Å². The Kier molecular flexibility index (Phi) is 7.67. The number of azo groups is 1. The Hall–Kier alpha value is -3.13. The molecule has 1 heterocycles. The van der Waals surface area contributed by atoms with Gasteiger partial charge in [-0.3, -0.25) is 9.11 Å². The molecule has 1 aromatic heterocycles. The van der Waals surface area contributed by atoms with Gasteiger partial charge in [-0.2, -0.15) is 21.9 Å². The van der Waals surface area contributed by atoms with Gasteiger partial charge in [0.15, 0.2) is 0 Å². The van der Waals surface area contributed by atoms with Crippen molar-refractivity contribution >= 4 is 37.6 Å². The summed E-state index contributed by atoms with van der Waals surface area (Å²) in [6.45, 7) is 2.91. The second kappa shape index (κ2) is 9.62. The number of hydrogen-bond donors (Lipinski definition) is 3. The average Bonchev–Trinajstić information content (AvgIpc) is 2.98. The Bertz CT molecular complexity index is 1600. The Labute approximate surface area is 206 Å². The standard InChI is InChI=1S/C18H15N4O9S2.Cr/c1-9-7-11(32(26,27)28)4-6-15(9)22-17(23)16(10(2)21-22)20-19-14-8-12(33(29,30)31)3-5-13(14)18(24)25;/h3-8H,1-2H3,(H,24,25)(H,26,27,28)(H,29,30,31);/q-1;/p+2. The number of aromatic nitrogens is 2. The SMILES string of the molecule is Cc1cc(S(=O)(=O)O)ccc1-n1nc(C)[c-](N=Nc2cc(S(=O)(=O)O)ccc2C(=O)O)c1=O.[Cr].[H+].[H+]. The maximum Gasteiger partial charge on any atom is 1.00 e. The van der Waals surface area contributed by atoms with Gasteiger partial charge in [0.05, 0.1) is 26.7 Å². The first-order chi connectivity index (χ1) is 15.2. The first-order valence-corrected chi connectivity index (χ1v) is 11.7. The van der Waals surface area contributed by atoms with Crippen molar-refractivity contribution in [2.24, 2.45) is 10.2 Å². The van der Waals surface area contributed by atoms with Crippen molar-refractivity contribution in [1.82, 2.24) is 9.78 Å². The molecule has 0 unspecified atom stereocenters. The summed E-state index contributed by atoms with van der Waals surface area (Å²) in [6.07, 6.45) is 0. The van der Waals surface area contributed by atoms with Crippen LogP contribution in [-0.2, 0) is 37.6 Å². The summed E-state index contributed by atoms with van der Waals surface area (Å²) >= 11 is 0. The molecule has 0 atom stereocenters. The zero-order chi connectivity index (χ0) is 24.7. The minimum atomic E-state index is -4.65. The number of carboxylic acids is 1. The van der Waals surface area contributed by atoms with Crippen LogP contribution in [0.25, 0.3) is 5.69 Å². The largest absolute Gasteiger partial charge is 1.00 e. The van der Waals surface area contributed by atoms with Gasteiger partial charge in [0.1, 0.15) is 5.56 Å². The summed E-state index contributed by atoms with van der Waals surface area (Å²) < 4.78 is 64.5. The minimum Gasteiger partial charge on any atom is -0.478 e. The van der Waals surface area contributed by atoms with E-state index in [0.29, 0.717) is 5.56 Å². The van der Waals surface area contributed by atoms with Gasteiger partial charge < -0.3 is 15.0 Å². The molecule has 0 radical (unpaired) electrons. The zero-order valence-corrected chi connectivity index (χ0v) is 20.2. The molecular formula is C18H17CrN4O9S2+. The predicted octanol–water partition coefficient (Wildman–Crippen LogP) is 2.40. The van der Waals surface area contributed by atoms with Crippen LogP contribution < -0.4 is 5.56 Å². The van der Waals surface area contributed by atoms with E-state index in [1.165, 1.54) is 19.9 Å². The van der Waals surface area contributed by atoms with E-state index in [-0.39, 0.29) is 42.2 Å². The minimum absolute atomic E-state index is 0. The fourth-order valence-electron chi connectivity index (χ4n) is 2.84. The molecule has 0 fully saturated rings. The molecule has 180 valence electrons. The normalized spacial score (nSPS) is 12.0. The van der Waals surface area contributed by atoms with Gasteiger partial charge in [-0.05, 0) is 48.9 Å². The summed E-state index contributed by atoms with van der Waals surface area (Å²) in [5, 5.41) is 20.7. The van der Waals surface area contributed by atoms with Crippen molar-refractivity contribution in [3.8, 4) is 5.69 Å². The van der Waals surface area contributed by atoms with Crippen LogP contribution in [0.4, 0.5) is 11.4 Å². The van der Waals surface area contributed by atoms with E-state index in [1.807, 2.05) is 0 Å². The molecule has 0 saturated heterocycles. The summed E-state index contributed by atoms with van der Waals surface area (Å²) in [5.74, 6) is -1.45. The van der Waals surface area contributed by atoms with Gasteiger partial charge in [0, 0.05) is 17.4 Å². The average molecular weight is 549 g/mol. The molecule has 16 heteroatoms. The molecule has 3 N–H and O–H groups in total. The Morgan fingerprint density at radius 2 is 1.59 bits per heavy atom. The molecule has 0 aliphatic rings. The smallest absolute Gasteiger partial charge is 0.478 e. The number of carbonyl (C=O) groups is 1. The third-order valence-corrected chi connectivity index (χ3v) is 6.14. The molecular weight excluding hydrogens is 532 g/mol. The topological polar surface area (TPSA) is 206 Å². The molecule has 13 nitrogen and oxygen atoms in total. The van der Waals surface area contributed by atoms with Crippen LogP contribution in [-0.4, -0.2) is 46.8 Å². The molecule has 0 spiro atoms. The molecule has 3 rings (SSSR count). The first-order valence-electron chi connectivity index (χ1n) is 8.82. The molecule has 0 aliphatic heterocycles. The molecule has 0 aliphatic carbocycles. The van der Waals surface area contributed by atoms with Gasteiger partial charge >= 0.3 is 8.82 Å². The Balaban J connectivity index is 0.00000408. The molecule has 2 aromatic carbocycles. The number of aryl methyl sites for hydroxylation is 2. The zero-order valence-electron chi connectivity index (χ0n) is 19.3. The summed E-state index contributed by atoms with van der Waals surface area (Å²) in [5.41, 5.74) is -1.36. The van der Waals surface area contributed by atoms with Crippen molar-refractivity contribution in [2.75, 3.05) is 0 Å². The van der Waals surface area contributed by atoms with Gasteiger partial charge in [-0.15, -0.1) is 5.69 Å². The van der Waals surface area contributed by atoms with E-state index in [1.54, 1.807) is 0 Å². The van der Waals surface area contributed by atoms with Crippen molar-refractivity contribution in [1.29, 1.82) is 0 Å². The van der Waals surface area contributed by atoms with E-state index in [4.69, 9.17) is 4.55 Å². The second-order valence-electron chi connectivity index (χ2n) is 6.73. The van der Waals surface area contributed by atoms with Gasteiger partial charge in [-0.25, -0.2) is 14.6 Å². The first kappa shape index (κ1) is 27.1. The summed E-state index contributed by atoms with van der Waals surface area (Å²) in [4.78, 5) is 23.2. The monoisotopic (exact) mass is 549 g/mol. The van der Waals surface area contributed by atoms with Crippen molar-refractivity contribution in [3.05, 3.63) is 63.6 Å². The Morgan fingerprint density at radius 1 is 1.03 bits per heavy atom. The van der Waals surface area contributed by atoms with Crippen molar-refractivity contribution in [3.63, 3.8) is 0 Å². The van der Waals surface area contributed by atoms with Crippen LogP contribution in [0.2, 0.25) is 0 Å². The molecule has 0 amide bonds. The van der Waals surface area contributed by atoms with Crippen molar-refractivity contribution < 1.29 is 56.1 Å². The van der Waals surface area contributed by atoms with E-state index < -0.39 is 47.9 Å². The molecule has 0 bridgehead atoms. The van der Waals surface area contributed by atoms with E-state index >= 15 is 0 Å². The molecule has 34 heavy (non-hydrogen) atoms. The quantitative estimate of drug-likeness (QED) is 0.232. The van der Waals surface area contributed by atoms with E-state index in [9.17, 15) is 36.1 Å². The summed E-state index contributed by atoms with van der Waals surface area (Å²) in [7, 11) is -9.10.